The van der Waals surface area contributed by atoms with Crippen LogP contribution in [-0.2, 0) is 0 Å². The molecule has 0 saturated heterocycles. The summed E-state index contributed by atoms with van der Waals surface area (Å²) in [4.78, 5) is 4.10. The van der Waals surface area contributed by atoms with Crippen LogP contribution in [0.25, 0.3) is 10.9 Å². The minimum Gasteiger partial charge on any atom is -0.218 e. The van der Waals surface area contributed by atoms with Gasteiger partial charge in [0, 0.05) is 17.8 Å². The Morgan fingerprint density at radius 1 is 1.07 bits per heavy atom. The fraction of sp³-hybridized carbons (Fsp3) is 0. The molecule has 1 aromatic heterocycles. The Bertz CT molecular complexity index is 536. The van der Waals surface area contributed by atoms with Crippen LogP contribution in [0.2, 0.25) is 0 Å². The zero-order valence-corrected chi connectivity index (χ0v) is 7.33. The van der Waals surface area contributed by atoms with E-state index < -0.39 is 0 Å². The number of rotatable bonds is 0. The van der Waals surface area contributed by atoms with Gasteiger partial charge in [-0.1, -0.05) is 18.2 Å². The van der Waals surface area contributed by atoms with Crippen molar-refractivity contribution in [2.45, 2.75) is 0 Å². The monoisotopic (exact) mass is 183 g/mol. The van der Waals surface area contributed by atoms with Crippen LogP contribution in [0.15, 0.2) is 47.9 Å². The normalized spacial score (nSPS) is 14.4. The molecule has 0 bridgehead atoms. The van der Waals surface area contributed by atoms with Gasteiger partial charge in [0.15, 0.2) is 0 Å². The summed E-state index contributed by atoms with van der Waals surface area (Å²) in [7, 11) is 0. The number of hydrogen-bond acceptors (Lipinski definition) is 2. The van der Waals surface area contributed by atoms with Crippen molar-refractivity contribution in [3.8, 4) is 0 Å². The predicted octanol–water partition coefficient (Wildman–Crippen LogP) is 1.33. The van der Waals surface area contributed by atoms with Gasteiger partial charge in [-0.3, -0.25) is 0 Å². The van der Waals surface area contributed by atoms with Crippen LogP contribution in [0, 0.1) is 0 Å². The van der Waals surface area contributed by atoms with Gasteiger partial charge < -0.3 is 0 Å². The molecule has 0 spiro atoms. The predicted molar refractivity (Wildman–Crippen MR) is 53.8 cm³/mol. The van der Waals surface area contributed by atoms with Crippen LogP contribution in [0.5, 0.6) is 0 Å². The highest BCUT2D eigenvalue weighted by atomic mass is 15.4. The van der Waals surface area contributed by atoms with Crippen LogP contribution in [0.3, 0.4) is 0 Å². The first-order valence-electron chi connectivity index (χ1n) is 4.32. The molecule has 0 N–H and O–H groups in total. The van der Waals surface area contributed by atoms with E-state index in [1.54, 1.807) is 17.1 Å². The molecule has 67 valence electrons. The standard InChI is InChI=1S/C10H7N4/c1-2-4-9-8(3-1)7-13-14(9)10-11-5-6-12-10/h1-7H. The molecule has 1 radical (unpaired) electrons. The van der Waals surface area contributed by atoms with Gasteiger partial charge >= 0.3 is 0 Å². The second-order valence-electron chi connectivity index (χ2n) is 2.97. The molecule has 0 amide bonds. The van der Waals surface area contributed by atoms with E-state index in [1.165, 1.54) is 0 Å². The lowest BCUT2D eigenvalue weighted by atomic mass is 10.3. The van der Waals surface area contributed by atoms with Crippen molar-refractivity contribution in [3.05, 3.63) is 42.9 Å². The highest BCUT2D eigenvalue weighted by Gasteiger charge is 2.09. The van der Waals surface area contributed by atoms with Crippen molar-refractivity contribution >= 4 is 16.9 Å². The number of benzene rings is 1. The number of nitrogens with zero attached hydrogens (tertiary/aromatic N) is 4. The Labute approximate surface area is 80.6 Å². The van der Waals surface area contributed by atoms with Crippen molar-refractivity contribution in [1.82, 2.24) is 15.1 Å². The molecular weight excluding hydrogens is 176 g/mol. The average molecular weight is 183 g/mol. The number of fused-ring (bicyclic) bond motifs is 1. The van der Waals surface area contributed by atoms with Crippen LogP contribution < -0.4 is 5.32 Å². The van der Waals surface area contributed by atoms with Gasteiger partial charge in [0.1, 0.15) is 0 Å². The lowest BCUT2D eigenvalue weighted by molar-refractivity contribution is 0.926. The van der Waals surface area contributed by atoms with Crippen LogP contribution in [0.4, 0.5) is 0 Å². The van der Waals surface area contributed by atoms with Gasteiger partial charge in [-0.2, -0.15) is 9.78 Å². The first-order valence-corrected chi connectivity index (χ1v) is 4.32. The summed E-state index contributed by atoms with van der Waals surface area (Å²) in [6, 6.07) is 7.98. The van der Waals surface area contributed by atoms with Crippen molar-refractivity contribution < 1.29 is 0 Å². The third-order valence-corrected chi connectivity index (χ3v) is 2.11. The quantitative estimate of drug-likeness (QED) is 0.607. The smallest absolute Gasteiger partial charge is 0.218 e. The number of hydrogen-bond donors (Lipinski definition) is 0. The van der Waals surface area contributed by atoms with Crippen LogP contribution in [-0.4, -0.2) is 15.7 Å². The summed E-state index contributed by atoms with van der Waals surface area (Å²) in [5.41, 5.74) is 1.03. The third kappa shape index (κ3) is 0.939. The van der Waals surface area contributed by atoms with E-state index >= 15 is 0 Å². The molecule has 4 nitrogen and oxygen atoms in total. The van der Waals surface area contributed by atoms with E-state index in [-0.39, 0.29) is 0 Å². The maximum absolute atomic E-state index is 4.23. The molecule has 1 aliphatic heterocycles. The Morgan fingerprint density at radius 3 is 2.86 bits per heavy atom. The van der Waals surface area contributed by atoms with Crippen LogP contribution >= 0.6 is 0 Å². The van der Waals surface area contributed by atoms with Crippen molar-refractivity contribution in [2.24, 2.45) is 4.99 Å². The molecule has 1 aliphatic rings. The Balaban J connectivity index is 2.22. The van der Waals surface area contributed by atoms with Gasteiger partial charge in [-0.15, -0.1) is 0 Å². The lowest BCUT2D eigenvalue weighted by Crippen LogP contribution is -2.18. The van der Waals surface area contributed by atoms with Gasteiger partial charge in [0.05, 0.1) is 11.7 Å². The highest BCUT2D eigenvalue weighted by Crippen LogP contribution is 2.12. The van der Waals surface area contributed by atoms with Crippen LogP contribution in [0.1, 0.15) is 0 Å². The molecule has 14 heavy (non-hydrogen) atoms. The lowest BCUT2D eigenvalue weighted by Gasteiger charge is -1.99. The topological polar surface area (TPSA) is 44.3 Å². The molecule has 2 aromatic rings. The minimum absolute atomic E-state index is 0.617. The minimum atomic E-state index is 0.617. The third-order valence-electron chi connectivity index (χ3n) is 2.11. The fourth-order valence-corrected chi connectivity index (χ4v) is 1.47. The second kappa shape index (κ2) is 2.70. The van der Waals surface area contributed by atoms with Gasteiger partial charge in [-0.25, -0.2) is 10.3 Å². The summed E-state index contributed by atoms with van der Waals surface area (Å²) >= 11 is 0. The van der Waals surface area contributed by atoms with Crippen molar-refractivity contribution in [3.63, 3.8) is 0 Å². The number of para-hydroxylation sites is 1. The van der Waals surface area contributed by atoms with E-state index in [2.05, 4.69) is 15.4 Å². The van der Waals surface area contributed by atoms with E-state index in [4.69, 9.17) is 0 Å². The summed E-state index contributed by atoms with van der Waals surface area (Å²) in [6.45, 7) is 0. The van der Waals surface area contributed by atoms with E-state index in [1.807, 2.05) is 30.5 Å². The maximum atomic E-state index is 4.23. The first-order chi connectivity index (χ1) is 6.95. The Hall–Kier alpha value is -2.10. The average Bonchev–Trinajstić information content (AvgIpc) is 2.85. The number of aromatic nitrogens is 2. The largest absolute Gasteiger partial charge is 0.251 e. The Kier molecular flexibility index (Phi) is 1.41. The molecule has 0 unspecified atom stereocenters. The molecule has 0 saturated carbocycles. The summed E-state index contributed by atoms with van der Waals surface area (Å²) in [5.74, 6) is 0.617. The molecule has 2 heterocycles. The molecule has 0 atom stereocenters. The molecule has 0 aliphatic carbocycles. The van der Waals surface area contributed by atoms with Gasteiger partial charge in [0.2, 0.25) is 0 Å². The fourth-order valence-electron chi connectivity index (χ4n) is 1.47. The van der Waals surface area contributed by atoms with E-state index in [0.717, 1.165) is 10.9 Å². The number of aliphatic imine (C=N–C) groups is 1. The van der Waals surface area contributed by atoms with E-state index in [9.17, 15) is 0 Å². The molecule has 4 heteroatoms. The zero-order chi connectivity index (χ0) is 9.38. The molecule has 1 aromatic carbocycles. The molecule has 0 fully saturated rings. The molecule has 3 rings (SSSR count). The van der Waals surface area contributed by atoms with Crippen molar-refractivity contribution in [2.75, 3.05) is 0 Å². The zero-order valence-electron chi connectivity index (χ0n) is 7.33. The van der Waals surface area contributed by atoms with Crippen molar-refractivity contribution in [1.29, 1.82) is 0 Å². The first kappa shape index (κ1) is 7.32. The Morgan fingerprint density at radius 2 is 2.00 bits per heavy atom. The summed E-state index contributed by atoms with van der Waals surface area (Å²) in [6.07, 6.45) is 5.13. The van der Waals surface area contributed by atoms with E-state index in [0.29, 0.717) is 5.96 Å². The second-order valence-corrected chi connectivity index (χ2v) is 2.97. The SMILES string of the molecule is C1=CN=C(n2ncc3ccccc32)[N]1. The summed E-state index contributed by atoms with van der Waals surface area (Å²) in [5, 5.41) is 9.42. The summed E-state index contributed by atoms with van der Waals surface area (Å²) < 4.78 is 1.73. The van der Waals surface area contributed by atoms with Gasteiger partial charge in [0.25, 0.3) is 5.96 Å². The van der Waals surface area contributed by atoms with Gasteiger partial charge in [-0.05, 0) is 6.07 Å². The maximum Gasteiger partial charge on any atom is 0.251 e. The molecular formula is C10H7N4. The highest BCUT2D eigenvalue weighted by molar-refractivity contribution is 5.93.